The number of pyridine rings is 1. The average Bonchev–Trinajstić information content (AvgIpc) is 2.52. The third-order valence-corrected chi connectivity index (χ3v) is 4.52. The largest absolute Gasteiger partial charge is 0.480 e. The number of aliphatic carboxylic acids is 1. The number of hydrogen-bond donors (Lipinski definition) is 3. The maximum atomic E-state index is 13.3. The van der Waals surface area contributed by atoms with Crippen molar-refractivity contribution in [1.82, 2.24) is 4.98 Å². The van der Waals surface area contributed by atoms with Crippen molar-refractivity contribution < 1.29 is 41.4 Å². The first kappa shape index (κ1) is 22.5. The number of carboxylic acid groups (broad SMARTS) is 1. The predicted molar refractivity (Wildman–Crippen MR) is 81.4 cm³/mol. The molecule has 0 radical (unpaired) electrons. The number of carboxylic acids is 1. The summed E-state index contributed by atoms with van der Waals surface area (Å²) in [7, 11) is 0. The first-order valence-corrected chi connectivity index (χ1v) is 8.33. The Hall–Kier alpha value is -1.53. The van der Waals surface area contributed by atoms with Crippen molar-refractivity contribution in [3.05, 3.63) is 29.6 Å². The van der Waals surface area contributed by atoms with Gasteiger partial charge in [0.15, 0.2) is 5.60 Å². The zero-order valence-corrected chi connectivity index (χ0v) is 14.0. The Morgan fingerprint density at radius 1 is 1.19 bits per heavy atom. The number of nitrogens with zero attached hydrogens (tertiary/aromatic N) is 1. The molecule has 1 aromatic rings. The van der Waals surface area contributed by atoms with Crippen LogP contribution in [0.4, 0.5) is 26.3 Å². The van der Waals surface area contributed by atoms with Gasteiger partial charge in [-0.25, -0.2) is 0 Å². The van der Waals surface area contributed by atoms with Gasteiger partial charge in [0.2, 0.25) is 0 Å². The fraction of sp³-hybridized carbons (Fsp3) is 0.571. The number of alkyl halides is 6. The lowest BCUT2D eigenvalue weighted by Crippen LogP contribution is -2.43. The van der Waals surface area contributed by atoms with Crippen molar-refractivity contribution in [2.24, 2.45) is 5.73 Å². The van der Waals surface area contributed by atoms with E-state index in [4.69, 9.17) is 10.8 Å². The highest BCUT2D eigenvalue weighted by molar-refractivity contribution is 7.99. The number of carbonyl (C=O) groups is 1. The number of aromatic nitrogens is 1. The second-order valence-corrected chi connectivity index (χ2v) is 6.61. The molecule has 0 saturated carbocycles. The molecule has 0 spiro atoms. The highest BCUT2D eigenvalue weighted by Gasteiger charge is 2.54. The molecule has 0 saturated heterocycles. The number of nitrogens with two attached hydrogens (primary N) is 1. The molecule has 26 heavy (non-hydrogen) atoms. The fourth-order valence-electron chi connectivity index (χ4n) is 1.91. The summed E-state index contributed by atoms with van der Waals surface area (Å²) in [5.74, 6) is -1.32. The third kappa shape index (κ3) is 5.74. The van der Waals surface area contributed by atoms with Gasteiger partial charge in [-0.2, -0.15) is 38.1 Å². The lowest BCUT2D eigenvalue weighted by atomic mass is 9.91. The topological polar surface area (TPSA) is 96.4 Å². The van der Waals surface area contributed by atoms with Gasteiger partial charge in [0, 0.05) is 11.8 Å². The van der Waals surface area contributed by atoms with Crippen molar-refractivity contribution >= 4 is 17.7 Å². The third-order valence-electron chi connectivity index (χ3n) is 3.50. The number of thioether (sulfide) groups is 1. The van der Waals surface area contributed by atoms with E-state index in [0.717, 1.165) is 11.8 Å². The second kappa shape index (κ2) is 8.44. The molecule has 5 nitrogen and oxygen atoms in total. The second-order valence-electron chi connectivity index (χ2n) is 5.38. The van der Waals surface area contributed by atoms with Gasteiger partial charge < -0.3 is 15.9 Å². The summed E-state index contributed by atoms with van der Waals surface area (Å²) in [6, 6.07) is -0.248. The van der Waals surface area contributed by atoms with E-state index in [9.17, 15) is 36.2 Å². The minimum absolute atomic E-state index is 0.0201. The van der Waals surface area contributed by atoms with Gasteiger partial charge in [0.1, 0.15) is 11.7 Å². The molecule has 1 aromatic heterocycles. The molecule has 0 aliphatic heterocycles. The van der Waals surface area contributed by atoms with E-state index >= 15 is 0 Å². The van der Waals surface area contributed by atoms with Crippen LogP contribution in [0.5, 0.6) is 0 Å². The van der Waals surface area contributed by atoms with Crippen molar-refractivity contribution in [1.29, 1.82) is 0 Å². The summed E-state index contributed by atoms with van der Waals surface area (Å²) >= 11 is 0.940. The quantitative estimate of drug-likeness (QED) is 0.454. The van der Waals surface area contributed by atoms with Crippen LogP contribution in [0.2, 0.25) is 0 Å². The lowest BCUT2D eigenvalue weighted by molar-refractivity contribution is -0.267. The molecule has 0 fully saturated rings. The number of rotatable bonds is 8. The summed E-state index contributed by atoms with van der Waals surface area (Å²) < 4.78 is 77.2. The molecule has 0 aliphatic rings. The van der Waals surface area contributed by atoms with Crippen LogP contribution in [-0.4, -0.2) is 44.9 Å². The normalized spacial score (nSPS) is 16.2. The number of aliphatic hydroxyl groups is 1. The van der Waals surface area contributed by atoms with Crippen molar-refractivity contribution in [3.63, 3.8) is 0 Å². The summed E-state index contributed by atoms with van der Waals surface area (Å²) in [5.41, 5.74) is -0.295. The van der Waals surface area contributed by atoms with Gasteiger partial charge >= 0.3 is 18.3 Å². The van der Waals surface area contributed by atoms with Gasteiger partial charge in [-0.15, -0.1) is 0 Å². The lowest BCUT2D eigenvalue weighted by Gasteiger charge is -2.30. The predicted octanol–water partition coefficient (Wildman–Crippen LogP) is 2.78. The monoisotopic (exact) mass is 406 g/mol. The molecule has 2 unspecified atom stereocenters. The van der Waals surface area contributed by atoms with Crippen LogP contribution >= 0.6 is 11.8 Å². The minimum Gasteiger partial charge on any atom is -0.480 e. The Kier molecular flexibility index (Phi) is 7.31. The number of hydrogen-bond acceptors (Lipinski definition) is 5. The Labute approximate surface area is 148 Å². The standard InChI is InChI=1S/C14H16F6N2O3S/c15-13(16,17)10-2-1-8(7-22-10)12(25,14(18,19)20)4-6-26-5-3-9(21)11(23)24/h1-2,7,9,25H,3-6,21H2,(H,23,24). The molecular formula is C14H16F6N2O3S. The molecule has 4 N–H and O–H groups in total. The Morgan fingerprint density at radius 3 is 2.23 bits per heavy atom. The van der Waals surface area contributed by atoms with Crippen LogP contribution in [0.15, 0.2) is 18.3 Å². The van der Waals surface area contributed by atoms with E-state index in [1.807, 2.05) is 0 Å². The maximum absolute atomic E-state index is 13.3. The molecule has 0 aliphatic carbocycles. The molecule has 0 bridgehead atoms. The minimum atomic E-state index is -5.13. The first-order valence-electron chi connectivity index (χ1n) is 7.18. The maximum Gasteiger partial charge on any atom is 0.433 e. The van der Waals surface area contributed by atoms with Gasteiger partial charge in [-0.05, 0) is 30.4 Å². The molecule has 12 heteroatoms. The summed E-state index contributed by atoms with van der Waals surface area (Å²) in [5, 5.41) is 18.6. The first-order chi connectivity index (χ1) is 11.8. The average molecular weight is 406 g/mol. The van der Waals surface area contributed by atoms with Crippen LogP contribution < -0.4 is 5.73 Å². The van der Waals surface area contributed by atoms with Crippen LogP contribution in [0.1, 0.15) is 24.1 Å². The molecule has 2 atom stereocenters. The van der Waals surface area contributed by atoms with Crippen LogP contribution in [0.3, 0.4) is 0 Å². The van der Waals surface area contributed by atoms with E-state index < -0.39 is 47.6 Å². The Balaban J connectivity index is 2.81. The fourth-order valence-corrected chi connectivity index (χ4v) is 2.98. The smallest absolute Gasteiger partial charge is 0.433 e. The van der Waals surface area contributed by atoms with Crippen molar-refractivity contribution in [2.75, 3.05) is 11.5 Å². The van der Waals surface area contributed by atoms with Gasteiger partial charge in [0.25, 0.3) is 0 Å². The SMILES string of the molecule is NC(CCSCCC(O)(c1ccc(C(F)(F)F)nc1)C(F)(F)F)C(=O)O. The molecule has 0 amide bonds. The van der Waals surface area contributed by atoms with Crippen LogP contribution in [0, 0.1) is 0 Å². The van der Waals surface area contributed by atoms with Crippen molar-refractivity contribution in [2.45, 2.75) is 36.8 Å². The zero-order valence-electron chi connectivity index (χ0n) is 13.1. The zero-order chi connectivity index (χ0) is 20.2. The van der Waals surface area contributed by atoms with E-state index in [1.165, 1.54) is 0 Å². The summed E-state index contributed by atoms with van der Waals surface area (Å²) in [6.07, 6.45) is -10.4. The molecule has 1 rings (SSSR count). The molecule has 0 aromatic carbocycles. The molecule has 1 heterocycles. The Morgan fingerprint density at radius 2 is 1.81 bits per heavy atom. The summed E-state index contributed by atoms with van der Waals surface area (Å²) in [6.45, 7) is 0. The van der Waals surface area contributed by atoms with E-state index in [1.54, 1.807) is 0 Å². The molecular weight excluding hydrogens is 390 g/mol. The van der Waals surface area contributed by atoms with Crippen LogP contribution in [-0.2, 0) is 16.6 Å². The highest BCUT2D eigenvalue weighted by Crippen LogP contribution is 2.42. The van der Waals surface area contributed by atoms with Gasteiger partial charge in [-0.3, -0.25) is 9.78 Å². The van der Waals surface area contributed by atoms with Crippen molar-refractivity contribution in [3.8, 4) is 0 Å². The van der Waals surface area contributed by atoms with E-state index in [-0.39, 0.29) is 17.9 Å². The van der Waals surface area contributed by atoms with Gasteiger partial charge in [0.05, 0.1) is 0 Å². The van der Waals surface area contributed by atoms with E-state index in [2.05, 4.69) is 4.98 Å². The molecule has 148 valence electrons. The van der Waals surface area contributed by atoms with Crippen LogP contribution in [0.25, 0.3) is 0 Å². The van der Waals surface area contributed by atoms with Gasteiger partial charge in [-0.1, -0.05) is 6.07 Å². The highest BCUT2D eigenvalue weighted by atomic mass is 32.2. The summed E-state index contributed by atoms with van der Waals surface area (Å²) in [4.78, 5) is 13.5. The van der Waals surface area contributed by atoms with E-state index in [0.29, 0.717) is 18.3 Å². The Bertz CT molecular complexity index is 608. The number of halogens is 6.